The first-order valence-electron chi connectivity index (χ1n) is 11.1. The molecule has 0 amide bonds. The second-order valence-corrected chi connectivity index (χ2v) is 9.78. The summed E-state index contributed by atoms with van der Waals surface area (Å²) in [5, 5.41) is 39.4. The van der Waals surface area contributed by atoms with Crippen LogP contribution in [0.2, 0.25) is 0 Å². The Morgan fingerprint density at radius 2 is 1.84 bits per heavy atom. The van der Waals surface area contributed by atoms with Gasteiger partial charge in [0.25, 0.3) is 0 Å². The van der Waals surface area contributed by atoms with Crippen LogP contribution in [0.1, 0.15) is 62.5 Å². The first-order valence-corrected chi connectivity index (χ1v) is 12.2. The molecule has 0 aromatic heterocycles. The number of thioether (sulfide) groups is 1. The Balaban J connectivity index is 1.75. The molecule has 32 heavy (non-hydrogen) atoms. The minimum atomic E-state index is -4.39. The third kappa shape index (κ3) is 8.92. The molecular formula is C23H33F3O5S. The number of rotatable bonds is 13. The fourth-order valence-electron chi connectivity index (χ4n) is 4.20. The van der Waals surface area contributed by atoms with Crippen LogP contribution in [0.5, 0.6) is 0 Å². The van der Waals surface area contributed by atoms with Gasteiger partial charge in [0.1, 0.15) is 0 Å². The van der Waals surface area contributed by atoms with Gasteiger partial charge in [-0.15, -0.1) is 0 Å². The van der Waals surface area contributed by atoms with Crippen LogP contribution in [-0.4, -0.2) is 55.7 Å². The molecular weight excluding hydrogens is 445 g/mol. The van der Waals surface area contributed by atoms with Crippen LogP contribution >= 0.6 is 11.8 Å². The van der Waals surface area contributed by atoms with E-state index in [1.165, 1.54) is 17.8 Å². The number of hydrogen-bond acceptors (Lipinski definition) is 5. The number of carboxylic acid groups (broad SMARTS) is 1. The normalized spacial score (nSPS) is 24.6. The first-order chi connectivity index (χ1) is 15.1. The molecule has 1 fully saturated rings. The highest BCUT2D eigenvalue weighted by molar-refractivity contribution is 8.00. The summed E-state index contributed by atoms with van der Waals surface area (Å²) < 4.78 is 38.5. The van der Waals surface area contributed by atoms with E-state index in [-0.39, 0.29) is 17.6 Å². The minimum Gasteiger partial charge on any atom is -0.481 e. The predicted molar refractivity (Wildman–Crippen MR) is 117 cm³/mol. The molecule has 5 atom stereocenters. The second-order valence-electron chi connectivity index (χ2n) is 8.57. The topological polar surface area (TPSA) is 98.0 Å². The van der Waals surface area contributed by atoms with Crippen LogP contribution in [0.4, 0.5) is 13.2 Å². The largest absolute Gasteiger partial charge is 0.481 e. The van der Waals surface area contributed by atoms with Crippen LogP contribution in [0.15, 0.2) is 24.3 Å². The quantitative estimate of drug-likeness (QED) is 0.316. The third-order valence-electron chi connectivity index (χ3n) is 5.96. The zero-order valence-corrected chi connectivity index (χ0v) is 18.8. The summed E-state index contributed by atoms with van der Waals surface area (Å²) in [6.45, 7) is 0. The van der Waals surface area contributed by atoms with Crippen LogP contribution in [-0.2, 0) is 17.4 Å². The van der Waals surface area contributed by atoms with E-state index in [1.54, 1.807) is 6.07 Å². The predicted octanol–water partition coefficient (Wildman–Crippen LogP) is 4.27. The Morgan fingerprint density at radius 1 is 1.12 bits per heavy atom. The lowest BCUT2D eigenvalue weighted by Crippen LogP contribution is -2.27. The molecule has 0 saturated heterocycles. The molecule has 1 aromatic rings. The van der Waals surface area contributed by atoms with Gasteiger partial charge in [0, 0.05) is 23.8 Å². The maximum atomic E-state index is 12.8. The smallest absolute Gasteiger partial charge is 0.416 e. The molecule has 4 N–H and O–H groups in total. The van der Waals surface area contributed by atoms with E-state index in [4.69, 9.17) is 5.11 Å². The molecule has 5 nitrogen and oxygen atoms in total. The van der Waals surface area contributed by atoms with Gasteiger partial charge in [0.15, 0.2) is 0 Å². The van der Waals surface area contributed by atoms with Crippen molar-refractivity contribution in [2.45, 2.75) is 87.5 Å². The van der Waals surface area contributed by atoms with Gasteiger partial charge in [-0.25, -0.2) is 0 Å². The lowest BCUT2D eigenvalue weighted by atomic mass is 9.97. The fourth-order valence-corrected chi connectivity index (χ4v) is 5.71. The lowest BCUT2D eigenvalue weighted by molar-refractivity contribution is -0.138. The van der Waals surface area contributed by atoms with Crippen molar-refractivity contribution in [3.8, 4) is 0 Å². The molecule has 1 saturated carbocycles. The van der Waals surface area contributed by atoms with Crippen molar-refractivity contribution in [3.63, 3.8) is 0 Å². The van der Waals surface area contributed by atoms with Gasteiger partial charge in [-0.2, -0.15) is 24.9 Å². The van der Waals surface area contributed by atoms with Crippen molar-refractivity contribution in [2.24, 2.45) is 5.92 Å². The van der Waals surface area contributed by atoms with Crippen LogP contribution in [0.25, 0.3) is 0 Å². The number of unbranched alkanes of at least 4 members (excludes halogenated alkanes) is 3. The Morgan fingerprint density at radius 3 is 2.53 bits per heavy atom. The Bertz CT molecular complexity index is 715. The first kappa shape index (κ1) is 27.0. The summed E-state index contributed by atoms with van der Waals surface area (Å²) >= 11 is 1.41. The van der Waals surface area contributed by atoms with Crippen molar-refractivity contribution in [2.75, 3.05) is 5.75 Å². The molecule has 0 heterocycles. The van der Waals surface area contributed by atoms with Crippen LogP contribution < -0.4 is 0 Å². The molecule has 0 radical (unpaired) electrons. The van der Waals surface area contributed by atoms with E-state index < -0.39 is 36.0 Å². The van der Waals surface area contributed by atoms with Gasteiger partial charge in [-0.05, 0) is 43.2 Å². The lowest BCUT2D eigenvalue weighted by Gasteiger charge is -2.24. The number of alkyl halides is 3. The zero-order valence-electron chi connectivity index (χ0n) is 18.0. The van der Waals surface area contributed by atoms with Crippen molar-refractivity contribution < 1.29 is 38.4 Å². The van der Waals surface area contributed by atoms with Gasteiger partial charge in [0.05, 0.1) is 23.9 Å². The number of aliphatic carboxylic acids is 1. The highest BCUT2D eigenvalue weighted by atomic mass is 32.2. The second kappa shape index (κ2) is 12.8. The number of benzene rings is 1. The summed E-state index contributed by atoms with van der Waals surface area (Å²) in [5.74, 6) is -0.560. The molecule has 1 aliphatic carbocycles. The summed E-state index contributed by atoms with van der Waals surface area (Å²) in [4.78, 5) is 10.5. The number of aliphatic hydroxyl groups is 3. The molecule has 2 rings (SSSR count). The molecule has 1 aliphatic rings. The van der Waals surface area contributed by atoms with Crippen LogP contribution in [0, 0.1) is 5.92 Å². The minimum absolute atomic E-state index is 0.0925. The number of carbonyl (C=O) groups is 1. The summed E-state index contributed by atoms with van der Waals surface area (Å²) in [5.41, 5.74) is -0.186. The van der Waals surface area contributed by atoms with E-state index in [9.17, 15) is 33.3 Å². The number of hydrogen-bond donors (Lipinski definition) is 4. The number of aliphatic hydroxyl groups excluding tert-OH is 3. The zero-order chi connectivity index (χ0) is 23.7. The Kier molecular flexibility index (Phi) is 10.8. The summed E-state index contributed by atoms with van der Waals surface area (Å²) in [6, 6.07) is 5.10. The van der Waals surface area contributed by atoms with E-state index in [2.05, 4.69) is 0 Å². The highest BCUT2D eigenvalue weighted by Gasteiger charge is 2.41. The average Bonchev–Trinajstić information content (AvgIpc) is 2.99. The standard InChI is InChI=1S/C23H33F3O5S/c24-23(25,26)16-7-5-6-15(12-16)10-11-17(27)14-32-22-18(19(28)13-20(22)29)8-3-1-2-4-9-21(30)31/h5-7,12,17-20,22,27-29H,1-4,8-11,13-14H2,(H,30,31)/t17?,18-,19?,20?,22+/m0/s1. The molecule has 1 aromatic carbocycles. The highest BCUT2D eigenvalue weighted by Crippen LogP contribution is 2.39. The van der Waals surface area contributed by atoms with E-state index in [0.29, 0.717) is 37.0 Å². The molecule has 3 unspecified atom stereocenters. The molecule has 0 aliphatic heterocycles. The number of aryl methyl sites for hydroxylation is 1. The molecule has 0 bridgehead atoms. The van der Waals surface area contributed by atoms with E-state index in [0.717, 1.165) is 37.8 Å². The molecule has 182 valence electrons. The van der Waals surface area contributed by atoms with Crippen LogP contribution in [0.3, 0.4) is 0 Å². The molecule has 0 spiro atoms. The van der Waals surface area contributed by atoms with Gasteiger partial charge >= 0.3 is 12.1 Å². The van der Waals surface area contributed by atoms with E-state index in [1.807, 2.05) is 0 Å². The van der Waals surface area contributed by atoms with Gasteiger partial charge in [0.2, 0.25) is 0 Å². The summed E-state index contributed by atoms with van der Waals surface area (Å²) in [7, 11) is 0. The van der Waals surface area contributed by atoms with Gasteiger partial charge < -0.3 is 20.4 Å². The number of halogens is 3. The summed E-state index contributed by atoms with van der Waals surface area (Å²) in [6.07, 6.45) is -1.45. The van der Waals surface area contributed by atoms with E-state index >= 15 is 0 Å². The van der Waals surface area contributed by atoms with Crippen molar-refractivity contribution in [3.05, 3.63) is 35.4 Å². The maximum Gasteiger partial charge on any atom is 0.416 e. The third-order valence-corrected chi connectivity index (χ3v) is 7.58. The van der Waals surface area contributed by atoms with Gasteiger partial charge in [-0.1, -0.05) is 37.5 Å². The maximum absolute atomic E-state index is 12.8. The van der Waals surface area contributed by atoms with Gasteiger partial charge in [-0.3, -0.25) is 4.79 Å². The SMILES string of the molecule is O=C(O)CCCCCC[C@H]1C(O)CC(O)[C@@H]1SCC(O)CCc1cccc(C(F)(F)F)c1. The Labute approximate surface area is 191 Å². The monoisotopic (exact) mass is 478 g/mol. The number of carboxylic acids is 1. The molecule has 9 heteroatoms. The van der Waals surface area contributed by atoms with Crippen molar-refractivity contribution in [1.82, 2.24) is 0 Å². The van der Waals surface area contributed by atoms with Crippen molar-refractivity contribution in [1.29, 1.82) is 0 Å². The van der Waals surface area contributed by atoms with Crippen molar-refractivity contribution >= 4 is 17.7 Å². The Hall–Kier alpha value is -1.29. The fraction of sp³-hybridized carbons (Fsp3) is 0.696. The average molecular weight is 479 g/mol.